The van der Waals surface area contributed by atoms with Gasteiger partial charge in [0, 0.05) is 25.9 Å². The maximum atomic E-state index is 14.0. The van der Waals surface area contributed by atoms with Crippen molar-refractivity contribution >= 4 is 5.82 Å². The van der Waals surface area contributed by atoms with E-state index in [1.807, 2.05) is 6.92 Å². The van der Waals surface area contributed by atoms with Crippen LogP contribution in [0.25, 0.3) is 0 Å². The summed E-state index contributed by atoms with van der Waals surface area (Å²) in [6.07, 6.45) is 6.01. The molecule has 7 heteroatoms. The van der Waals surface area contributed by atoms with Crippen LogP contribution in [0.15, 0.2) is 6.33 Å². The third-order valence-corrected chi connectivity index (χ3v) is 3.77. The monoisotopic (exact) mass is 290 g/mol. The summed E-state index contributed by atoms with van der Waals surface area (Å²) in [7, 11) is 0. The maximum absolute atomic E-state index is 14.0. The van der Waals surface area contributed by atoms with Crippen molar-refractivity contribution in [2.45, 2.75) is 45.6 Å². The largest absolute Gasteiger partial charge is 0.367 e. The van der Waals surface area contributed by atoms with Crippen LogP contribution in [0.1, 0.15) is 37.1 Å². The fraction of sp³-hybridized carbons (Fsp3) is 0.571. The van der Waals surface area contributed by atoms with Crippen LogP contribution in [0.2, 0.25) is 0 Å². The highest BCUT2D eigenvalue weighted by atomic mass is 19.1. The van der Waals surface area contributed by atoms with E-state index in [1.54, 1.807) is 0 Å². The SMILES string of the molecule is CCc1ncnc(NCCc2nnc3n2CCCC3)c1F. The number of nitrogens with zero attached hydrogens (tertiary/aromatic N) is 5. The summed E-state index contributed by atoms with van der Waals surface area (Å²) in [4.78, 5) is 7.87. The second-order valence-electron chi connectivity index (χ2n) is 5.15. The first kappa shape index (κ1) is 13.9. The Labute approximate surface area is 122 Å². The van der Waals surface area contributed by atoms with Crippen LogP contribution in [0.5, 0.6) is 0 Å². The first-order valence-corrected chi connectivity index (χ1v) is 7.43. The molecule has 0 saturated carbocycles. The van der Waals surface area contributed by atoms with E-state index in [4.69, 9.17) is 0 Å². The van der Waals surface area contributed by atoms with Crippen molar-refractivity contribution in [3.63, 3.8) is 0 Å². The van der Waals surface area contributed by atoms with Crippen molar-refractivity contribution in [3.8, 4) is 0 Å². The molecule has 0 aromatic carbocycles. The molecule has 0 aliphatic carbocycles. The number of nitrogens with one attached hydrogen (secondary N) is 1. The molecule has 0 amide bonds. The van der Waals surface area contributed by atoms with Crippen molar-refractivity contribution < 1.29 is 4.39 Å². The van der Waals surface area contributed by atoms with Crippen LogP contribution in [0.4, 0.5) is 10.2 Å². The number of rotatable bonds is 5. The molecule has 112 valence electrons. The van der Waals surface area contributed by atoms with Gasteiger partial charge in [-0.1, -0.05) is 6.92 Å². The third kappa shape index (κ3) is 2.86. The fourth-order valence-corrected chi connectivity index (χ4v) is 2.62. The molecule has 1 N–H and O–H groups in total. The van der Waals surface area contributed by atoms with Gasteiger partial charge >= 0.3 is 0 Å². The van der Waals surface area contributed by atoms with Crippen LogP contribution in [-0.2, 0) is 25.8 Å². The molecule has 0 spiro atoms. The van der Waals surface area contributed by atoms with E-state index in [-0.39, 0.29) is 11.6 Å². The van der Waals surface area contributed by atoms with Crippen molar-refractivity contribution in [3.05, 3.63) is 29.5 Å². The van der Waals surface area contributed by atoms with E-state index in [0.717, 1.165) is 24.6 Å². The first-order chi connectivity index (χ1) is 10.3. The Morgan fingerprint density at radius 2 is 2.19 bits per heavy atom. The number of anilines is 1. The summed E-state index contributed by atoms with van der Waals surface area (Å²) in [5.74, 6) is 1.93. The van der Waals surface area contributed by atoms with Crippen molar-refractivity contribution in [1.29, 1.82) is 0 Å². The highest BCUT2D eigenvalue weighted by Crippen LogP contribution is 2.16. The number of hydrogen-bond donors (Lipinski definition) is 1. The summed E-state index contributed by atoms with van der Waals surface area (Å²) >= 11 is 0. The molecule has 6 nitrogen and oxygen atoms in total. The van der Waals surface area contributed by atoms with Crippen LogP contribution in [-0.4, -0.2) is 31.3 Å². The first-order valence-electron chi connectivity index (χ1n) is 7.43. The average molecular weight is 290 g/mol. The van der Waals surface area contributed by atoms with Gasteiger partial charge in [-0.3, -0.25) is 0 Å². The lowest BCUT2D eigenvalue weighted by atomic mass is 10.1. The van der Waals surface area contributed by atoms with Gasteiger partial charge in [0.15, 0.2) is 11.6 Å². The van der Waals surface area contributed by atoms with Gasteiger partial charge < -0.3 is 9.88 Å². The highest BCUT2D eigenvalue weighted by Gasteiger charge is 2.15. The zero-order chi connectivity index (χ0) is 14.7. The predicted molar refractivity (Wildman–Crippen MR) is 76.5 cm³/mol. The van der Waals surface area contributed by atoms with Crippen molar-refractivity contribution in [1.82, 2.24) is 24.7 Å². The molecule has 1 aliphatic heterocycles. The maximum Gasteiger partial charge on any atom is 0.186 e. The van der Waals surface area contributed by atoms with Crippen molar-refractivity contribution in [2.75, 3.05) is 11.9 Å². The Morgan fingerprint density at radius 3 is 3.05 bits per heavy atom. The van der Waals surface area contributed by atoms with E-state index in [1.165, 1.54) is 19.2 Å². The van der Waals surface area contributed by atoms with E-state index < -0.39 is 0 Å². The molecule has 0 unspecified atom stereocenters. The van der Waals surface area contributed by atoms with Gasteiger partial charge in [-0.15, -0.1) is 10.2 Å². The standard InChI is InChI=1S/C14H19FN6/c1-2-10-13(15)14(18-9-17-10)16-7-6-12-20-19-11-5-3-4-8-21(11)12/h9H,2-8H2,1H3,(H,16,17,18). The molecule has 3 heterocycles. The van der Waals surface area contributed by atoms with Gasteiger partial charge in [0.25, 0.3) is 0 Å². The van der Waals surface area contributed by atoms with E-state index in [2.05, 4.69) is 30.0 Å². The zero-order valence-electron chi connectivity index (χ0n) is 12.1. The van der Waals surface area contributed by atoms with Crippen LogP contribution >= 0.6 is 0 Å². The van der Waals surface area contributed by atoms with Gasteiger partial charge in [0.05, 0.1) is 5.69 Å². The minimum Gasteiger partial charge on any atom is -0.367 e. The summed E-state index contributed by atoms with van der Waals surface area (Å²) in [6.45, 7) is 3.44. The quantitative estimate of drug-likeness (QED) is 0.908. The number of fused-ring (bicyclic) bond motifs is 1. The third-order valence-electron chi connectivity index (χ3n) is 3.77. The van der Waals surface area contributed by atoms with E-state index in [0.29, 0.717) is 25.1 Å². The smallest absolute Gasteiger partial charge is 0.186 e. The lowest BCUT2D eigenvalue weighted by Crippen LogP contribution is -2.16. The Balaban J connectivity index is 1.63. The molecule has 0 saturated heterocycles. The molecular weight excluding hydrogens is 271 g/mol. The normalized spacial score (nSPS) is 14.0. The number of hydrogen-bond acceptors (Lipinski definition) is 5. The Bertz CT molecular complexity index is 624. The van der Waals surface area contributed by atoms with E-state index >= 15 is 0 Å². The van der Waals surface area contributed by atoms with Crippen LogP contribution in [0.3, 0.4) is 0 Å². The van der Waals surface area contributed by atoms with Gasteiger partial charge in [0.1, 0.15) is 18.0 Å². The van der Waals surface area contributed by atoms with Crippen molar-refractivity contribution in [2.24, 2.45) is 0 Å². The summed E-state index contributed by atoms with van der Waals surface area (Å²) in [5, 5.41) is 11.5. The number of halogens is 1. The molecule has 0 bridgehead atoms. The van der Waals surface area contributed by atoms with Gasteiger partial charge in [-0.2, -0.15) is 0 Å². The lowest BCUT2D eigenvalue weighted by Gasteiger charge is -2.14. The molecule has 0 fully saturated rings. The second-order valence-corrected chi connectivity index (χ2v) is 5.15. The topological polar surface area (TPSA) is 68.5 Å². The number of aromatic nitrogens is 5. The second kappa shape index (κ2) is 6.15. The van der Waals surface area contributed by atoms with Crippen LogP contribution < -0.4 is 5.32 Å². The van der Waals surface area contributed by atoms with Gasteiger partial charge in [0.2, 0.25) is 0 Å². The molecular formula is C14H19FN6. The zero-order valence-corrected chi connectivity index (χ0v) is 12.1. The molecule has 3 rings (SSSR count). The number of aryl methyl sites for hydroxylation is 2. The minimum atomic E-state index is -0.358. The Hall–Kier alpha value is -2.05. The average Bonchev–Trinajstić information content (AvgIpc) is 2.92. The predicted octanol–water partition coefficient (Wildman–Crippen LogP) is 1.76. The van der Waals surface area contributed by atoms with Crippen LogP contribution in [0, 0.1) is 5.82 Å². The Morgan fingerprint density at radius 1 is 1.29 bits per heavy atom. The summed E-state index contributed by atoms with van der Waals surface area (Å²) in [5.41, 5.74) is 0.437. The lowest BCUT2D eigenvalue weighted by molar-refractivity contribution is 0.508. The van der Waals surface area contributed by atoms with Gasteiger partial charge in [-0.25, -0.2) is 14.4 Å². The Kier molecular flexibility index (Phi) is 4.08. The molecule has 1 aliphatic rings. The molecule has 0 radical (unpaired) electrons. The molecule has 2 aromatic rings. The summed E-state index contributed by atoms with van der Waals surface area (Å²) < 4.78 is 16.2. The molecule has 2 aromatic heterocycles. The summed E-state index contributed by atoms with van der Waals surface area (Å²) in [6, 6.07) is 0. The minimum absolute atomic E-state index is 0.264. The highest BCUT2D eigenvalue weighted by molar-refractivity contribution is 5.37. The van der Waals surface area contributed by atoms with E-state index in [9.17, 15) is 4.39 Å². The molecule has 21 heavy (non-hydrogen) atoms. The van der Waals surface area contributed by atoms with Gasteiger partial charge in [-0.05, 0) is 19.3 Å². The fourth-order valence-electron chi connectivity index (χ4n) is 2.62. The molecule has 0 atom stereocenters.